The molecule has 1 aliphatic heterocycles. The number of ether oxygens (including phenoxy) is 1. The number of non-ortho nitro benzene ring substituents is 1. The van der Waals surface area contributed by atoms with Crippen molar-refractivity contribution in [2.75, 3.05) is 33.3 Å². The van der Waals surface area contributed by atoms with Crippen molar-refractivity contribution in [1.82, 2.24) is 9.80 Å². The molecule has 2 aromatic carbocycles. The number of carbonyl (C=O) groups is 2. The Labute approximate surface area is 179 Å². The van der Waals surface area contributed by atoms with E-state index < -0.39 is 16.9 Å². The fourth-order valence-electron chi connectivity index (χ4n) is 3.53. The summed E-state index contributed by atoms with van der Waals surface area (Å²) < 4.78 is 4.99. The van der Waals surface area contributed by atoms with Gasteiger partial charge < -0.3 is 9.64 Å². The van der Waals surface area contributed by atoms with Gasteiger partial charge in [-0.3, -0.25) is 19.8 Å². The molecule has 9 heteroatoms. The van der Waals surface area contributed by atoms with Gasteiger partial charge in [-0.15, -0.1) is 0 Å². The number of nitrogens with zero attached hydrogens (tertiary/aromatic N) is 3. The molecule has 1 heterocycles. The van der Waals surface area contributed by atoms with Crippen molar-refractivity contribution in [3.63, 3.8) is 0 Å². The number of esters is 1. The Morgan fingerprint density at radius 2 is 1.73 bits per heavy atom. The van der Waals surface area contributed by atoms with Gasteiger partial charge in [-0.05, 0) is 17.2 Å². The van der Waals surface area contributed by atoms with E-state index in [0.29, 0.717) is 36.8 Å². The maximum atomic E-state index is 12.6. The highest BCUT2D eigenvalue weighted by Gasteiger charge is 2.33. The van der Waals surface area contributed by atoms with Gasteiger partial charge in [-0.25, -0.2) is 4.79 Å². The first-order valence-corrected chi connectivity index (χ1v) is 9.86. The second kappa shape index (κ2) is 9.69. The SMILES string of the molecule is COC(=O)C(c1ccccc1Cl)N1CCN(C(=O)Cc2ccc([N+](=O)[O-])cc2)CC1. The van der Waals surface area contributed by atoms with Crippen molar-refractivity contribution in [2.24, 2.45) is 0 Å². The van der Waals surface area contributed by atoms with Crippen LogP contribution >= 0.6 is 11.6 Å². The summed E-state index contributed by atoms with van der Waals surface area (Å²) in [6.45, 7) is 1.92. The van der Waals surface area contributed by atoms with E-state index >= 15 is 0 Å². The number of hydrogen-bond acceptors (Lipinski definition) is 6. The Balaban J connectivity index is 1.63. The van der Waals surface area contributed by atoms with Crippen LogP contribution < -0.4 is 0 Å². The van der Waals surface area contributed by atoms with Crippen LogP contribution in [0.5, 0.6) is 0 Å². The number of nitro benzene ring substituents is 1. The topological polar surface area (TPSA) is 93.0 Å². The largest absolute Gasteiger partial charge is 0.468 e. The van der Waals surface area contributed by atoms with Crippen molar-refractivity contribution in [3.05, 3.63) is 74.8 Å². The van der Waals surface area contributed by atoms with Gasteiger partial charge in [0, 0.05) is 43.3 Å². The molecule has 0 saturated carbocycles. The number of rotatable bonds is 6. The maximum Gasteiger partial charge on any atom is 0.327 e. The number of carbonyl (C=O) groups excluding carboxylic acids is 2. The van der Waals surface area contributed by atoms with Crippen LogP contribution in [-0.4, -0.2) is 59.9 Å². The van der Waals surface area contributed by atoms with Crippen LogP contribution in [0.3, 0.4) is 0 Å². The Hall–Kier alpha value is -2.97. The summed E-state index contributed by atoms with van der Waals surface area (Å²) in [4.78, 5) is 39.1. The zero-order valence-corrected chi connectivity index (χ0v) is 17.2. The quantitative estimate of drug-likeness (QED) is 0.396. The van der Waals surface area contributed by atoms with Crippen molar-refractivity contribution in [3.8, 4) is 0 Å². The minimum absolute atomic E-state index is 0.00626. The van der Waals surface area contributed by atoms with E-state index in [-0.39, 0.29) is 18.0 Å². The van der Waals surface area contributed by atoms with Gasteiger partial charge in [0.1, 0.15) is 6.04 Å². The van der Waals surface area contributed by atoms with Crippen LogP contribution in [-0.2, 0) is 20.7 Å². The Bertz CT molecular complexity index is 926. The minimum Gasteiger partial charge on any atom is -0.468 e. The number of methoxy groups -OCH3 is 1. The number of nitro groups is 1. The van der Waals surface area contributed by atoms with E-state index in [1.807, 2.05) is 11.0 Å². The molecule has 1 atom stereocenters. The molecule has 158 valence electrons. The van der Waals surface area contributed by atoms with Crippen LogP contribution in [0.4, 0.5) is 5.69 Å². The van der Waals surface area contributed by atoms with E-state index in [2.05, 4.69) is 0 Å². The van der Waals surface area contributed by atoms with E-state index in [9.17, 15) is 19.7 Å². The molecule has 8 nitrogen and oxygen atoms in total. The van der Waals surface area contributed by atoms with Gasteiger partial charge in [0.25, 0.3) is 5.69 Å². The lowest BCUT2D eigenvalue weighted by atomic mass is 10.0. The average molecular weight is 432 g/mol. The molecular formula is C21H22ClN3O5. The van der Waals surface area contributed by atoms with Crippen molar-refractivity contribution in [1.29, 1.82) is 0 Å². The third kappa shape index (κ3) is 4.95. The fourth-order valence-corrected chi connectivity index (χ4v) is 3.77. The van der Waals surface area contributed by atoms with Gasteiger partial charge in [0.2, 0.25) is 5.91 Å². The predicted octanol–water partition coefficient (Wildman–Crippen LogP) is 2.85. The molecule has 1 aliphatic rings. The normalized spacial score (nSPS) is 15.5. The minimum atomic E-state index is -0.629. The van der Waals surface area contributed by atoms with E-state index in [1.54, 1.807) is 35.2 Å². The summed E-state index contributed by atoms with van der Waals surface area (Å²) in [7, 11) is 1.34. The summed E-state index contributed by atoms with van der Waals surface area (Å²) in [6, 6.07) is 12.5. The molecule has 3 rings (SSSR count). The molecule has 1 amide bonds. The molecule has 0 aliphatic carbocycles. The van der Waals surface area contributed by atoms with E-state index in [0.717, 1.165) is 5.56 Å². The van der Waals surface area contributed by atoms with Crippen molar-refractivity contribution >= 4 is 29.2 Å². The summed E-state index contributed by atoms with van der Waals surface area (Å²) in [6.07, 6.45) is 0.170. The second-order valence-electron chi connectivity index (χ2n) is 6.96. The summed E-state index contributed by atoms with van der Waals surface area (Å²) >= 11 is 6.30. The average Bonchev–Trinajstić information content (AvgIpc) is 2.76. The Kier molecular flexibility index (Phi) is 7.02. The smallest absolute Gasteiger partial charge is 0.327 e. The van der Waals surface area contributed by atoms with Crippen molar-refractivity contribution in [2.45, 2.75) is 12.5 Å². The van der Waals surface area contributed by atoms with Crippen LogP contribution in [0.2, 0.25) is 5.02 Å². The van der Waals surface area contributed by atoms with Crippen LogP contribution in [0.15, 0.2) is 48.5 Å². The highest BCUT2D eigenvalue weighted by atomic mass is 35.5. The standard InChI is InChI=1S/C21H22ClN3O5/c1-30-21(27)20(17-4-2-3-5-18(17)22)24-12-10-23(11-13-24)19(26)14-15-6-8-16(9-7-15)25(28)29/h2-9,20H,10-14H2,1H3. The molecule has 0 bridgehead atoms. The summed E-state index contributed by atoms with van der Waals surface area (Å²) in [5.74, 6) is -0.454. The molecule has 0 aromatic heterocycles. The Morgan fingerprint density at radius 3 is 2.30 bits per heavy atom. The molecule has 0 spiro atoms. The lowest BCUT2D eigenvalue weighted by Crippen LogP contribution is -2.51. The van der Waals surface area contributed by atoms with E-state index in [4.69, 9.17) is 16.3 Å². The lowest BCUT2D eigenvalue weighted by Gasteiger charge is -2.38. The molecule has 2 aromatic rings. The van der Waals surface area contributed by atoms with Crippen LogP contribution in [0.1, 0.15) is 17.2 Å². The summed E-state index contributed by atoms with van der Waals surface area (Å²) in [5.41, 5.74) is 1.39. The first-order valence-electron chi connectivity index (χ1n) is 9.48. The monoisotopic (exact) mass is 431 g/mol. The third-order valence-electron chi connectivity index (χ3n) is 5.16. The second-order valence-corrected chi connectivity index (χ2v) is 7.37. The molecular weight excluding hydrogens is 410 g/mol. The molecule has 0 radical (unpaired) electrons. The van der Waals surface area contributed by atoms with Gasteiger partial charge in [0.15, 0.2) is 0 Å². The Morgan fingerprint density at radius 1 is 1.10 bits per heavy atom. The first kappa shape index (κ1) is 21.7. The number of amides is 1. The first-order chi connectivity index (χ1) is 14.4. The molecule has 1 unspecified atom stereocenters. The van der Waals surface area contributed by atoms with Crippen molar-refractivity contribution < 1.29 is 19.2 Å². The van der Waals surface area contributed by atoms with Gasteiger partial charge in [-0.2, -0.15) is 0 Å². The van der Waals surface area contributed by atoms with Gasteiger partial charge >= 0.3 is 5.97 Å². The number of benzene rings is 2. The van der Waals surface area contributed by atoms with Gasteiger partial charge in [0.05, 0.1) is 18.5 Å². The van der Waals surface area contributed by atoms with E-state index in [1.165, 1.54) is 19.2 Å². The van der Waals surface area contributed by atoms with Gasteiger partial charge in [-0.1, -0.05) is 41.9 Å². The zero-order valence-electron chi connectivity index (χ0n) is 16.5. The number of halogens is 1. The fraction of sp³-hybridized carbons (Fsp3) is 0.333. The number of hydrogen-bond donors (Lipinski definition) is 0. The number of piperazine rings is 1. The highest BCUT2D eigenvalue weighted by Crippen LogP contribution is 2.29. The highest BCUT2D eigenvalue weighted by molar-refractivity contribution is 6.31. The van der Waals surface area contributed by atoms with Crippen LogP contribution in [0, 0.1) is 10.1 Å². The molecule has 0 N–H and O–H groups in total. The predicted molar refractivity (Wildman–Crippen MR) is 111 cm³/mol. The third-order valence-corrected chi connectivity index (χ3v) is 5.50. The summed E-state index contributed by atoms with van der Waals surface area (Å²) in [5, 5.41) is 11.2. The zero-order chi connectivity index (χ0) is 21.7. The lowest BCUT2D eigenvalue weighted by molar-refractivity contribution is -0.384. The molecule has 30 heavy (non-hydrogen) atoms. The van der Waals surface area contributed by atoms with Crippen LogP contribution in [0.25, 0.3) is 0 Å². The molecule has 1 saturated heterocycles. The maximum absolute atomic E-state index is 12.6. The molecule has 1 fully saturated rings.